The van der Waals surface area contributed by atoms with Gasteiger partial charge >= 0.3 is 5.97 Å². The molecule has 0 spiro atoms. The van der Waals surface area contributed by atoms with Crippen molar-refractivity contribution in [2.45, 2.75) is 52.1 Å². The highest BCUT2D eigenvalue weighted by molar-refractivity contribution is 5.87. The van der Waals surface area contributed by atoms with Gasteiger partial charge in [0.05, 0.1) is 0 Å². The number of carbonyl (C=O) groups is 1. The van der Waals surface area contributed by atoms with E-state index in [4.69, 9.17) is 4.74 Å². The summed E-state index contributed by atoms with van der Waals surface area (Å²) in [6.45, 7) is 7.75. The van der Waals surface area contributed by atoms with E-state index in [1.807, 2.05) is 0 Å². The fraction of sp³-hybridized carbons (Fsp3) is 0.800. The number of carbonyl (C=O) groups excluding carboxylic acids is 1. The number of rotatable bonds is 2. The smallest absolute Gasteiger partial charge is 0.333 e. The molecule has 0 aromatic rings. The van der Waals surface area contributed by atoms with Crippen molar-refractivity contribution >= 4 is 5.97 Å². The fourth-order valence-electron chi connectivity index (χ4n) is 4.85. The average Bonchev–Trinajstić information content (AvgIpc) is 2.21. The highest BCUT2D eigenvalue weighted by Gasteiger charge is 2.56. The normalized spacial score (nSPS) is 46.9. The minimum Gasteiger partial charge on any atom is -0.458 e. The van der Waals surface area contributed by atoms with Crippen molar-refractivity contribution < 1.29 is 9.53 Å². The first-order valence-electron chi connectivity index (χ1n) is 6.84. The zero-order valence-electron chi connectivity index (χ0n) is 10.9. The molecule has 0 amide bonds. The summed E-state index contributed by atoms with van der Waals surface area (Å²) >= 11 is 0. The van der Waals surface area contributed by atoms with Crippen LogP contribution in [0.4, 0.5) is 0 Å². The molecule has 4 aliphatic rings. The van der Waals surface area contributed by atoms with Crippen molar-refractivity contribution in [3.63, 3.8) is 0 Å². The maximum atomic E-state index is 11.8. The van der Waals surface area contributed by atoms with Crippen LogP contribution in [0.25, 0.3) is 0 Å². The van der Waals surface area contributed by atoms with E-state index in [1.54, 1.807) is 6.92 Å². The largest absolute Gasteiger partial charge is 0.458 e. The summed E-state index contributed by atoms with van der Waals surface area (Å²) < 4.78 is 5.75. The van der Waals surface area contributed by atoms with Gasteiger partial charge in [-0.2, -0.15) is 0 Å². The van der Waals surface area contributed by atoms with Gasteiger partial charge < -0.3 is 4.74 Å². The van der Waals surface area contributed by atoms with Crippen molar-refractivity contribution in [2.24, 2.45) is 23.2 Å². The Kier molecular flexibility index (Phi) is 2.39. The maximum Gasteiger partial charge on any atom is 0.333 e. The minimum atomic E-state index is -0.191. The molecule has 94 valence electrons. The lowest BCUT2D eigenvalue weighted by atomic mass is 9.49. The van der Waals surface area contributed by atoms with Crippen LogP contribution in [0.3, 0.4) is 0 Å². The Morgan fingerprint density at radius 3 is 2.29 bits per heavy atom. The van der Waals surface area contributed by atoms with Gasteiger partial charge in [-0.1, -0.05) is 13.5 Å². The van der Waals surface area contributed by atoms with Crippen LogP contribution in [0.5, 0.6) is 0 Å². The molecule has 0 N–H and O–H groups in total. The number of hydrogen-bond acceptors (Lipinski definition) is 2. The third-order valence-corrected chi connectivity index (χ3v) is 5.15. The average molecular weight is 234 g/mol. The second-order valence-electron chi connectivity index (χ2n) is 6.87. The number of esters is 1. The first-order chi connectivity index (χ1) is 7.98. The molecule has 4 saturated carbocycles. The Balaban J connectivity index is 1.80. The van der Waals surface area contributed by atoms with Crippen LogP contribution >= 0.6 is 0 Å². The summed E-state index contributed by atoms with van der Waals surface area (Å²) in [4.78, 5) is 11.8. The van der Waals surface area contributed by atoms with Crippen LogP contribution < -0.4 is 0 Å². The van der Waals surface area contributed by atoms with Crippen LogP contribution in [-0.4, -0.2) is 12.1 Å². The molecule has 2 nitrogen and oxygen atoms in total. The van der Waals surface area contributed by atoms with E-state index in [0.717, 1.165) is 11.8 Å². The van der Waals surface area contributed by atoms with Gasteiger partial charge in [-0.25, -0.2) is 4.79 Å². The van der Waals surface area contributed by atoms with E-state index < -0.39 is 0 Å². The molecule has 0 aliphatic heterocycles. The summed E-state index contributed by atoms with van der Waals surface area (Å²) in [5.74, 6) is 2.23. The fourth-order valence-corrected chi connectivity index (χ4v) is 4.85. The summed E-state index contributed by atoms with van der Waals surface area (Å²) in [5, 5.41) is 0. The molecule has 0 aromatic carbocycles. The quantitative estimate of drug-likeness (QED) is 0.541. The first-order valence-corrected chi connectivity index (χ1v) is 6.84. The Labute approximate surface area is 103 Å². The van der Waals surface area contributed by atoms with Gasteiger partial charge in [0.1, 0.15) is 6.10 Å². The highest BCUT2D eigenvalue weighted by Crippen LogP contribution is 2.60. The molecule has 2 heteroatoms. The SMILES string of the molecule is C=C(C)C(=O)OC1C2CC3CC(C2)CC1(C)C3. The summed E-state index contributed by atoms with van der Waals surface area (Å²) in [5.41, 5.74) is 0.780. The standard InChI is InChI=1S/C15H22O2/c1-9(2)14(16)17-13-12-5-10-4-11(6-12)8-15(13,3)7-10/h10-13H,1,4-8H2,2-3H3. The molecular weight excluding hydrogens is 212 g/mol. The second-order valence-corrected chi connectivity index (χ2v) is 6.87. The predicted octanol–water partition coefficient (Wildman–Crippen LogP) is 3.32. The molecule has 4 fully saturated rings. The summed E-state index contributed by atoms with van der Waals surface area (Å²) in [7, 11) is 0. The number of hydrogen-bond donors (Lipinski definition) is 0. The highest BCUT2D eigenvalue weighted by atomic mass is 16.5. The Morgan fingerprint density at radius 1 is 1.24 bits per heavy atom. The monoisotopic (exact) mass is 234 g/mol. The van der Waals surface area contributed by atoms with E-state index in [0.29, 0.717) is 11.5 Å². The van der Waals surface area contributed by atoms with Crippen LogP contribution in [-0.2, 0) is 9.53 Å². The van der Waals surface area contributed by atoms with Crippen molar-refractivity contribution in [3.05, 3.63) is 12.2 Å². The van der Waals surface area contributed by atoms with Crippen LogP contribution in [0.2, 0.25) is 0 Å². The van der Waals surface area contributed by atoms with Gasteiger partial charge in [-0.15, -0.1) is 0 Å². The molecule has 3 atom stereocenters. The van der Waals surface area contributed by atoms with Crippen molar-refractivity contribution in [2.75, 3.05) is 0 Å². The van der Waals surface area contributed by atoms with Gasteiger partial charge in [-0.3, -0.25) is 0 Å². The zero-order valence-corrected chi connectivity index (χ0v) is 10.9. The van der Waals surface area contributed by atoms with Crippen molar-refractivity contribution in [3.8, 4) is 0 Å². The lowest BCUT2D eigenvalue weighted by Gasteiger charge is -2.59. The molecule has 17 heavy (non-hydrogen) atoms. The van der Waals surface area contributed by atoms with Gasteiger partial charge in [0.15, 0.2) is 0 Å². The van der Waals surface area contributed by atoms with Gasteiger partial charge in [0, 0.05) is 11.0 Å². The molecule has 0 aromatic heterocycles. The molecule has 4 aliphatic carbocycles. The summed E-state index contributed by atoms with van der Waals surface area (Å²) in [6.07, 6.45) is 6.65. The number of ether oxygens (including phenoxy) is 1. The Bertz CT molecular complexity index is 357. The van der Waals surface area contributed by atoms with Crippen molar-refractivity contribution in [1.29, 1.82) is 0 Å². The van der Waals surface area contributed by atoms with Gasteiger partial charge in [0.25, 0.3) is 0 Å². The molecule has 0 heterocycles. The van der Waals surface area contributed by atoms with E-state index >= 15 is 0 Å². The summed E-state index contributed by atoms with van der Waals surface area (Å²) in [6, 6.07) is 0. The zero-order chi connectivity index (χ0) is 12.2. The lowest BCUT2D eigenvalue weighted by Crippen LogP contribution is -2.56. The topological polar surface area (TPSA) is 26.3 Å². The van der Waals surface area contributed by atoms with E-state index in [-0.39, 0.29) is 17.5 Å². The van der Waals surface area contributed by atoms with Gasteiger partial charge in [0.2, 0.25) is 0 Å². The maximum absolute atomic E-state index is 11.8. The van der Waals surface area contributed by atoms with E-state index in [9.17, 15) is 4.79 Å². The molecule has 4 rings (SSSR count). The third-order valence-electron chi connectivity index (χ3n) is 5.15. The Hall–Kier alpha value is -0.790. The van der Waals surface area contributed by atoms with Crippen LogP contribution in [0.15, 0.2) is 12.2 Å². The molecular formula is C15H22O2. The third kappa shape index (κ3) is 1.73. The predicted molar refractivity (Wildman–Crippen MR) is 66.4 cm³/mol. The van der Waals surface area contributed by atoms with E-state index in [1.165, 1.54) is 32.1 Å². The first kappa shape index (κ1) is 11.3. The second kappa shape index (κ2) is 3.60. The van der Waals surface area contributed by atoms with E-state index in [2.05, 4.69) is 13.5 Å². The Morgan fingerprint density at radius 2 is 1.82 bits per heavy atom. The lowest BCUT2D eigenvalue weighted by molar-refractivity contribution is -0.186. The van der Waals surface area contributed by atoms with Crippen LogP contribution in [0, 0.1) is 23.2 Å². The van der Waals surface area contributed by atoms with Crippen molar-refractivity contribution in [1.82, 2.24) is 0 Å². The minimum absolute atomic E-state index is 0.152. The molecule has 3 unspecified atom stereocenters. The molecule has 4 bridgehead atoms. The van der Waals surface area contributed by atoms with Crippen LogP contribution in [0.1, 0.15) is 46.0 Å². The van der Waals surface area contributed by atoms with Gasteiger partial charge in [-0.05, 0) is 56.8 Å². The molecule has 0 saturated heterocycles. The molecule has 0 radical (unpaired) electrons.